The lowest BCUT2D eigenvalue weighted by atomic mass is 10.00. The topological polar surface area (TPSA) is 29.3 Å². The molecule has 0 radical (unpaired) electrons. The first-order valence-corrected chi connectivity index (χ1v) is 8.17. The number of rotatable bonds is 3. The highest BCUT2D eigenvalue weighted by atomic mass is 32.1. The third-order valence-corrected chi connectivity index (χ3v) is 4.95. The minimum Gasteiger partial charge on any atom is -0.367 e. The Morgan fingerprint density at radius 3 is 3.00 bits per heavy atom. The molecule has 1 aliphatic rings. The molecule has 0 fully saturated rings. The number of hydrogen-bond donors (Lipinski definition) is 1. The van der Waals surface area contributed by atoms with Crippen LogP contribution < -0.4 is 10.6 Å². The number of nitrogens with two attached hydrogens (primary N) is 1. The predicted octanol–water partition coefficient (Wildman–Crippen LogP) is 3.51. The largest absolute Gasteiger partial charge is 0.367 e. The summed E-state index contributed by atoms with van der Waals surface area (Å²) in [7, 11) is 0. The summed E-state index contributed by atoms with van der Waals surface area (Å²) in [5.41, 5.74) is 11.6. The van der Waals surface area contributed by atoms with E-state index in [0.29, 0.717) is 0 Å². The van der Waals surface area contributed by atoms with Gasteiger partial charge >= 0.3 is 0 Å². The van der Waals surface area contributed by atoms with Crippen molar-refractivity contribution < 1.29 is 0 Å². The lowest BCUT2D eigenvalue weighted by Gasteiger charge is -2.31. The van der Waals surface area contributed by atoms with E-state index in [1.807, 2.05) is 11.3 Å². The molecule has 1 aliphatic heterocycles. The molecule has 106 valence electrons. The maximum absolute atomic E-state index is 6.02. The van der Waals surface area contributed by atoms with Gasteiger partial charge in [-0.25, -0.2) is 0 Å². The Kier molecular flexibility index (Phi) is 3.81. The first-order chi connectivity index (χ1) is 9.63. The van der Waals surface area contributed by atoms with Gasteiger partial charge in [0.1, 0.15) is 0 Å². The smallest absolute Gasteiger partial charge is 0.0440 e. The molecule has 0 aliphatic carbocycles. The van der Waals surface area contributed by atoms with Crippen molar-refractivity contribution in [1.82, 2.24) is 0 Å². The van der Waals surface area contributed by atoms with Crippen LogP contribution in [0.3, 0.4) is 0 Å². The molecule has 2 heterocycles. The van der Waals surface area contributed by atoms with Crippen LogP contribution in [0, 0.1) is 6.92 Å². The molecule has 0 saturated heterocycles. The number of anilines is 1. The predicted molar refractivity (Wildman–Crippen MR) is 87.6 cm³/mol. The molecule has 1 unspecified atom stereocenters. The van der Waals surface area contributed by atoms with Crippen molar-refractivity contribution in [1.29, 1.82) is 0 Å². The standard InChI is InChI=1S/C17H22N2S/c1-12-3-4-16(15(9-12)10-13(2)18)19-7-5-17-14(11-19)6-8-20-17/h3-4,6,8-9,13H,5,7,10-11,18H2,1-2H3. The molecule has 1 aromatic heterocycles. The van der Waals surface area contributed by atoms with E-state index >= 15 is 0 Å². The Labute approximate surface area is 125 Å². The van der Waals surface area contributed by atoms with E-state index in [1.54, 1.807) is 4.88 Å². The zero-order valence-electron chi connectivity index (χ0n) is 12.2. The van der Waals surface area contributed by atoms with Crippen LogP contribution in [0.2, 0.25) is 0 Å². The first kappa shape index (κ1) is 13.7. The van der Waals surface area contributed by atoms with E-state index in [1.165, 1.54) is 28.8 Å². The van der Waals surface area contributed by atoms with Crippen molar-refractivity contribution >= 4 is 17.0 Å². The molecule has 0 saturated carbocycles. The second-order valence-corrected chi connectivity index (χ2v) is 6.85. The summed E-state index contributed by atoms with van der Waals surface area (Å²) in [6.07, 6.45) is 2.11. The molecular weight excluding hydrogens is 264 g/mol. The van der Waals surface area contributed by atoms with Gasteiger partial charge in [-0.2, -0.15) is 0 Å². The SMILES string of the molecule is Cc1ccc(N2CCc3sccc3C2)c(CC(C)N)c1. The summed E-state index contributed by atoms with van der Waals surface area (Å²) in [6, 6.07) is 9.25. The van der Waals surface area contributed by atoms with E-state index in [-0.39, 0.29) is 6.04 Å². The Morgan fingerprint density at radius 2 is 2.20 bits per heavy atom. The average molecular weight is 286 g/mol. The number of benzene rings is 1. The molecule has 2 N–H and O–H groups in total. The molecular formula is C17H22N2S. The minimum absolute atomic E-state index is 0.206. The Hall–Kier alpha value is -1.32. The zero-order valence-corrected chi connectivity index (χ0v) is 13.0. The molecule has 0 amide bonds. The Morgan fingerprint density at radius 1 is 1.35 bits per heavy atom. The number of fused-ring (bicyclic) bond motifs is 1. The highest BCUT2D eigenvalue weighted by Gasteiger charge is 2.19. The zero-order chi connectivity index (χ0) is 14.1. The molecule has 20 heavy (non-hydrogen) atoms. The van der Waals surface area contributed by atoms with E-state index in [4.69, 9.17) is 5.73 Å². The molecule has 2 aromatic rings. The monoisotopic (exact) mass is 286 g/mol. The Bertz CT molecular complexity index is 601. The van der Waals surface area contributed by atoms with E-state index in [0.717, 1.165) is 19.5 Å². The van der Waals surface area contributed by atoms with Gasteiger partial charge in [0.25, 0.3) is 0 Å². The number of aryl methyl sites for hydroxylation is 1. The van der Waals surface area contributed by atoms with Crippen LogP contribution in [0.25, 0.3) is 0 Å². The summed E-state index contributed by atoms with van der Waals surface area (Å²) < 4.78 is 0. The van der Waals surface area contributed by atoms with Gasteiger partial charge in [-0.1, -0.05) is 17.7 Å². The highest BCUT2D eigenvalue weighted by molar-refractivity contribution is 7.10. The van der Waals surface area contributed by atoms with Crippen LogP contribution in [0.4, 0.5) is 5.69 Å². The van der Waals surface area contributed by atoms with Crippen molar-refractivity contribution in [3.05, 3.63) is 51.2 Å². The first-order valence-electron chi connectivity index (χ1n) is 7.29. The fraction of sp³-hybridized carbons (Fsp3) is 0.412. The molecule has 1 atom stereocenters. The molecule has 3 heteroatoms. The molecule has 2 nitrogen and oxygen atoms in total. The van der Waals surface area contributed by atoms with Crippen LogP contribution in [-0.4, -0.2) is 12.6 Å². The number of nitrogens with zero attached hydrogens (tertiary/aromatic N) is 1. The van der Waals surface area contributed by atoms with Crippen molar-refractivity contribution in [2.45, 2.75) is 39.3 Å². The van der Waals surface area contributed by atoms with Gasteiger partial charge in [0.15, 0.2) is 0 Å². The lowest BCUT2D eigenvalue weighted by Crippen LogP contribution is -2.31. The summed E-state index contributed by atoms with van der Waals surface area (Å²) in [6.45, 7) is 6.39. The van der Waals surface area contributed by atoms with Gasteiger partial charge in [-0.15, -0.1) is 11.3 Å². The Balaban J connectivity index is 1.90. The fourth-order valence-corrected chi connectivity index (χ4v) is 3.88. The van der Waals surface area contributed by atoms with Crippen molar-refractivity contribution in [3.8, 4) is 0 Å². The van der Waals surface area contributed by atoms with Crippen molar-refractivity contribution in [2.75, 3.05) is 11.4 Å². The molecule has 3 rings (SSSR count). The van der Waals surface area contributed by atoms with E-state index < -0.39 is 0 Å². The maximum atomic E-state index is 6.02. The summed E-state index contributed by atoms with van der Waals surface area (Å²) in [5.74, 6) is 0. The van der Waals surface area contributed by atoms with Crippen molar-refractivity contribution in [2.24, 2.45) is 5.73 Å². The van der Waals surface area contributed by atoms with Crippen molar-refractivity contribution in [3.63, 3.8) is 0 Å². The van der Waals surface area contributed by atoms with Crippen LogP contribution in [0.1, 0.15) is 28.5 Å². The highest BCUT2D eigenvalue weighted by Crippen LogP contribution is 2.30. The summed E-state index contributed by atoms with van der Waals surface area (Å²) >= 11 is 1.89. The second-order valence-electron chi connectivity index (χ2n) is 5.85. The second kappa shape index (κ2) is 5.58. The summed E-state index contributed by atoms with van der Waals surface area (Å²) in [5, 5.41) is 2.21. The van der Waals surface area contributed by atoms with Crippen LogP contribution in [0.5, 0.6) is 0 Å². The summed E-state index contributed by atoms with van der Waals surface area (Å²) in [4.78, 5) is 4.06. The molecule has 0 bridgehead atoms. The van der Waals surface area contributed by atoms with E-state index in [9.17, 15) is 0 Å². The van der Waals surface area contributed by atoms with Crippen LogP contribution >= 0.6 is 11.3 Å². The number of hydrogen-bond acceptors (Lipinski definition) is 3. The fourth-order valence-electron chi connectivity index (χ4n) is 2.99. The maximum Gasteiger partial charge on any atom is 0.0440 e. The van der Waals surface area contributed by atoms with Gasteiger partial charge in [-0.05, 0) is 55.3 Å². The van der Waals surface area contributed by atoms with Gasteiger partial charge in [0.2, 0.25) is 0 Å². The molecule has 1 aromatic carbocycles. The van der Waals surface area contributed by atoms with Gasteiger partial charge < -0.3 is 10.6 Å². The third kappa shape index (κ3) is 2.74. The lowest BCUT2D eigenvalue weighted by molar-refractivity contribution is 0.711. The van der Waals surface area contributed by atoms with Gasteiger partial charge in [0.05, 0.1) is 0 Å². The average Bonchev–Trinajstić information content (AvgIpc) is 2.85. The van der Waals surface area contributed by atoms with Crippen LogP contribution in [-0.2, 0) is 19.4 Å². The normalized spacial score (nSPS) is 16.1. The number of thiophene rings is 1. The third-order valence-electron chi connectivity index (χ3n) is 3.93. The van der Waals surface area contributed by atoms with Gasteiger partial charge in [0, 0.05) is 29.7 Å². The quantitative estimate of drug-likeness (QED) is 0.935. The minimum atomic E-state index is 0.206. The van der Waals surface area contributed by atoms with Crippen LogP contribution in [0.15, 0.2) is 29.6 Å². The van der Waals surface area contributed by atoms with E-state index in [2.05, 4.69) is 48.4 Å². The molecule has 0 spiro atoms. The van der Waals surface area contributed by atoms with Gasteiger partial charge in [-0.3, -0.25) is 0 Å².